The zero-order valence-electron chi connectivity index (χ0n) is 14.1. The first-order chi connectivity index (χ1) is 12.1. The molecule has 1 saturated heterocycles. The molecule has 0 bridgehead atoms. The molecule has 0 radical (unpaired) electrons. The predicted octanol–water partition coefficient (Wildman–Crippen LogP) is 5.39. The van der Waals surface area contributed by atoms with E-state index in [0.717, 1.165) is 31.6 Å². The second-order valence-electron chi connectivity index (χ2n) is 6.35. The number of carbonyl (C=O) groups is 1. The van der Waals surface area contributed by atoms with Crippen LogP contribution in [0.25, 0.3) is 0 Å². The number of likely N-dealkylation sites (tertiary alicyclic amines) is 1. The van der Waals surface area contributed by atoms with Crippen LogP contribution in [0.3, 0.4) is 0 Å². The summed E-state index contributed by atoms with van der Waals surface area (Å²) >= 11 is 12.2. The van der Waals surface area contributed by atoms with Gasteiger partial charge < -0.3 is 10.2 Å². The zero-order chi connectivity index (χ0) is 17.8. The number of hydrogen-bond donors (Lipinski definition) is 1. The maximum atomic E-state index is 12.7. The first-order valence-electron chi connectivity index (χ1n) is 8.54. The summed E-state index contributed by atoms with van der Waals surface area (Å²) in [5.74, 6) is 1.11. The number of anilines is 2. The summed E-state index contributed by atoms with van der Waals surface area (Å²) in [7, 11) is 0. The molecule has 1 fully saturated rings. The van der Waals surface area contributed by atoms with E-state index in [1.165, 1.54) is 6.42 Å². The molecule has 3 rings (SSSR count). The minimum atomic E-state index is 0.00518. The Hall–Kier alpha value is -1.78. The van der Waals surface area contributed by atoms with Gasteiger partial charge in [-0.1, -0.05) is 36.5 Å². The number of nitrogens with zero attached hydrogens (tertiary/aromatic N) is 2. The molecule has 1 aliphatic heterocycles. The summed E-state index contributed by atoms with van der Waals surface area (Å²) in [6.07, 6.45) is 4.94. The van der Waals surface area contributed by atoms with Gasteiger partial charge in [-0.25, -0.2) is 4.98 Å². The predicted molar refractivity (Wildman–Crippen MR) is 103 cm³/mol. The van der Waals surface area contributed by atoms with Crippen LogP contribution in [0, 0.1) is 5.92 Å². The number of benzene rings is 1. The monoisotopic (exact) mass is 377 g/mol. The fourth-order valence-corrected chi connectivity index (χ4v) is 3.42. The van der Waals surface area contributed by atoms with Crippen LogP contribution in [0.5, 0.6) is 0 Å². The lowest BCUT2D eigenvalue weighted by Gasteiger charge is -2.32. The highest BCUT2D eigenvalue weighted by Crippen LogP contribution is 2.26. The molecule has 25 heavy (non-hydrogen) atoms. The first-order valence-corrected chi connectivity index (χ1v) is 9.30. The van der Waals surface area contributed by atoms with Crippen LogP contribution in [0.4, 0.5) is 11.5 Å². The maximum absolute atomic E-state index is 12.7. The molecule has 132 valence electrons. The number of pyridine rings is 1. The van der Waals surface area contributed by atoms with Crippen molar-refractivity contribution < 1.29 is 4.79 Å². The van der Waals surface area contributed by atoms with Crippen LogP contribution in [-0.4, -0.2) is 28.9 Å². The second-order valence-corrected chi connectivity index (χ2v) is 7.20. The van der Waals surface area contributed by atoms with Crippen molar-refractivity contribution in [3.8, 4) is 0 Å². The molecular formula is C19H21Cl2N3O. The highest BCUT2D eigenvalue weighted by Gasteiger charge is 2.24. The SMILES string of the molecule is CCC1CCCN(C(=O)c2cnc(Nc3ccc(Cl)cc3)c(Cl)c2)C1. The van der Waals surface area contributed by atoms with Gasteiger partial charge in [-0.15, -0.1) is 0 Å². The molecule has 1 N–H and O–H groups in total. The lowest BCUT2D eigenvalue weighted by molar-refractivity contribution is 0.0671. The van der Waals surface area contributed by atoms with Crippen LogP contribution in [0.1, 0.15) is 36.5 Å². The van der Waals surface area contributed by atoms with E-state index in [9.17, 15) is 4.79 Å². The van der Waals surface area contributed by atoms with E-state index in [1.807, 2.05) is 17.0 Å². The third-order valence-electron chi connectivity index (χ3n) is 4.58. The van der Waals surface area contributed by atoms with Crippen molar-refractivity contribution in [3.63, 3.8) is 0 Å². The van der Waals surface area contributed by atoms with Crippen molar-refractivity contribution in [1.82, 2.24) is 9.88 Å². The van der Waals surface area contributed by atoms with Crippen molar-refractivity contribution in [3.05, 3.63) is 52.1 Å². The van der Waals surface area contributed by atoms with Crippen LogP contribution in [0.2, 0.25) is 10.0 Å². The van der Waals surface area contributed by atoms with E-state index in [2.05, 4.69) is 17.2 Å². The second kappa shape index (κ2) is 8.07. The van der Waals surface area contributed by atoms with Crippen molar-refractivity contribution in [2.45, 2.75) is 26.2 Å². The summed E-state index contributed by atoms with van der Waals surface area (Å²) in [6.45, 7) is 3.80. The Balaban J connectivity index is 1.72. The Labute approximate surface area is 158 Å². The van der Waals surface area contributed by atoms with Crippen molar-refractivity contribution in [2.24, 2.45) is 5.92 Å². The van der Waals surface area contributed by atoms with Gasteiger partial charge in [0.15, 0.2) is 0 Å². The van der Waals surface area contributed by atoms with E-state index in [-0.39, 0.29) is 5.91 Å². The Bertz CT molecular complexity index is 749. The standard InChI is InChI=1S/C19H21Cl2N3O/c1-2-13-4-3-9-24(12-13)19(25)14-10-17(21)18(22-11-14)23-16-7-5-15(20)6-8-16/h5-8,10-11,13H,2-4,9,12H2,1H3,(H,22,23). The van der Waals surface area contributed by atoms with Gasteiger partial charge in [0.2, 0.25) is 0 Å². The Kier molecular flexibility index (Phi) is 5.82. The number of amides is 1. The van der Waals surface area contributed by atoms with E-state index in [0.29, 0.717) is 27.3 Å². The lowest BCUT2D eigenvalue weighted by atomic mass is 9.95. The smallest absolute Gasteiger partial charge is 0.255 e. The Morgan fingerprint density at radius 3 is 2.76 bits per heavy atom. The van der Waals surface area contributed by atoms with E-state index >= 15 is 0 Å². The number of hydrogen-bond acceptors (Lipinski definition) is 3. The molecule has 4 nitrogen and oxygen atoms in total. The van der Waals surface area contributed by atoms with E-state index in [4.69, 9.17) is 23.2 Å². The average Bonchev–Trinajstić information content (AvgIpc) is 2.64. The molecule has 1 atom stereocenters. The van der Waals surface area contributed by atoms with Gasteiger partial charge in [-0.3, -0.25) is 4.79 Å². The number of carbonyl (C=O) groups excluding carboxylic acids is 1. The van der Waals surface area contributed by atoms with Crippen LogP contribution >= 0.6 is 23.2 Å². The number of rotatable bonds is 4. The summed E-state index contributed by atoms with van der Waals surface area (Å²) < 4.78 is 0. The fraction of sp³-hybridized carbons (Fsp3) is 0.368. The lowest BCUT2D eigenvalue weighted by Crippen LogP contribution is -2.39. The van der Waals surface area contributed by atoms with Crippen molar-refractivity contribution in [1.29, 1.82) is 0 Å². The topological polar surface area (TPSA) is 45.2 Å². The van der Waals surface area contributed by atoms with Gasteiger partial charge in [0, 0.05) is 30.0 Å². The van der Waals surface area contributed by atoms with Gasteiger partial charge in [0.25, 0.3) is 5.91 Å². The molecule has 0 saturated carbocycles. The molecule has 6 heteroatoms. The first kappa shape index (κ1) is 18.0. The number of nitrogens with one attached hydrogen (secondary N) is 1. The Morgan fingerprint density at radius 2 is 2.08 bits per heavy atom. The highest BCUT2D eigenvalue weighted by molar-refractivity contribution is 6.33. The van der Waals surface area contributed by atoms with E-state index < -0.39 is 0 Å². The number of halogens is 2. The molecule has 1 aliphatic rings. The zero-order valence-corrected chi connectivity index (χ0v) is 15.6. The molecule has 1 aromatic carbocycles. The molecule has 0 aliphatic carbocycles. The molecular weight excluding hydrogens is 357 g/mol. The summed E-state index contributed by atoms with van der Waals surface area (Å²) in [6, 6.07) is 8.95. The molecule has 0 spiro atoms. The van der Waals surface area contributed by atoms with E-state index in [1.54, 1.807) is 24.4 Å². The Morgan fingerprint density at radius 1 is 1.32 bits per heavy atom. The normalized spacial score (nSPS) is 17.4. The number of aromatic nitrogens is 1. The highest BCUT2D eigenvalue weighted by atomic mass is 35.5. The minimum Gasteiger partial charge on any atom is -0.339 e. The summed E-state index contributed by atoms with van der Waals surface area (Å²) in [5, 5.41) is 4.22. The van der Waals surface area contributed by atoms with Crippen LogP contribution in [-0.2, 0) is 0 Å². The minimum absolute atomic E-state index is 0.00518. The van der Waals surface area contributed by atoms with Gasteiger partial charge in [0.1, 0.15) is 5.82 Å². The molecule has 1 unspecified atom stereocenters. The maximum Gasteiger partial charge on any atom is 0.255 e. The molecule has 1 aromatic heterocycles. The summed E-state index contributed by atoms with van der Waals surface area (Å²) in [4.78, 5) is 19.0. The summed E-state index contributed by atoms with van der Waals surface area (Å²) in [5.41, 5.74) is 1.36. The molecule has 2 heterocycles. The van der Waals surface area contributed by atoms with Gasteiger partial charge in [-0.05, 0) is 49.1 Å². The van der Waals surface area contributed by atoms with Crippen molar-refractivity contribution >= 4 is 40.6 Å². The average molecular weight is 378 g/mol. The quantitative estimate of drug-likeness (QED) is 0.775. The van der Waals surface area contributed by atoms with Gasteiger partial charge in [-0.2, -0.15) is 0 Å². The third kappa shape index (κ3) is 4.44. The van der Waals surface area contributed by atoms with Crippen molar-refractivity contribution in [2.75, 3.05) is 18.4 Å². The van der Waals surface area contributed by atoms with Crippen LogP contribution < -0.4 is 5.32 Å². The number of piperidine rings is 1. The van der Waals surface area contributed by atoms with Gasteiger partial charge >= 0.3 is 0 Å². The fourth-order valence-electron chi connectivity index (χ4n) is 3.08. The molecule has 1 amide bonds. The largest absolute Gasteiger partial charge is 0.339 e. The van der Waals surface area contributed by atoms with Gasteiger partial charge in [0.05, 0.1) is 10.6 Å². The van der Waals surface area contributed by atoms with Crippen LogP contribution in [0.15, 0.2) is 36.5 Å². The third-order valence-corrected chi connectivity index (χ3v) is 5.12. The molecule has 2 aromatic rings.